The second-order valence-electron chi connectivity index (χ2n) is 4.53. The third-order valence-electron chi connectivity index (χ3n) is 3.79. The minimum atomic E-state index is -0.144. The fourth-order valence-electron chi connectivity index (χ4n) is 2.73. The van der Waals surface area contributed by atoms with Crippen LogP contribution in [-0.2, 0) is 11.2 Å². The number of hydrogen-bond acceptors (Lipinski definition) is 3. The maximum Gasteiger partial charge on any atom is 0.172 e. The van der Waals surface area contributed by atoms with Crippen LogP contribution >= 0.6 is 0 Å². The minimum Gasteiger partial charge on any atom is -0.472 e. The molecule has 0 saturated carbocycles. The van der Waals surface area contributed by atoms with Gasteiger partial charge in [-0.05, 0) is 25.7 Å². The molecule has 1 fully saturated rings. The SMILES string of the molecule is O=C1c2cocc2CCC12CCOCC2. The average Bonchev–Trinajstić information content (AvgIpc) is 2.74. The van der Waals surface area contributed by atoms with Gasteiger partial charge >= 0.3 is 0 Å². The zero-order valence-electron chi connectivity index (χ0n) is 8.62. The molecule has 0 aromatic carbocycles. The highest BCUT2D eigenvalue weighted by Crippen LogP contribution is 2.43. The van der Waals surface area contributed by atoms with E-state index >= 15 is 0 Å². The minimum absolute atomic E-state index is 0.144. The van der Waals surface area contributed by atoms with Crippen LogP contribution in [-0.4, -0.2) is 19.0 Å². The lowest BCUT2D eigenvalue weighted by Crippen LogP contribution is -2.40. The first kappa shape index (κ1) is 9.16. The highest BCUT2D eigenvalue weighted by atomic mass is 16.5. The summed E-state index contributed by atoms with van der Waals surface area (Å²) in [4.78, 5) is 12.3. The Hall–Kier alpha value is -1.09. The molecular formula is C12H14O3. The smallest absolute Gasteiger partial charge is 0.172 e. The van der Waals surface area contributed by atoms with Crippen LogP contribution in [0.15, 0.2) is 16.9 Å². The molecule has 1 saturated heterocycles. The third-order valence-corrected chi connectivity index (χ3v) is 3.79. The number of rotatable bonds is 0. The summed E-state index contributed by atoms with van der Waals surface area (Å²) in [7, 11) is 0. The zero-order chi connectivity index (χ0) is 10.3. The molecule has 0 N–H and O–H groups in total. The Morgan fingerprint density at radius 2 is 1.93 bits per heavy atom. The second kappa shape index (κ2) is 3.20. The summed E-state index contributed by atoms with van der Waals surface area (Å²) < 4.78 is 10.5. The largest absolute Gasteiger partial charge is 0.472 e. The number of carbonyl (C=O) groups excluding carboxylic acids is 1. The number of Topliss-reactive ketones (excluding diaryl/α,β-unsaturated/α-hetero) is 1. The molecule has 1 aromatic heterocycles. The Morgan fingerprint density at radius 1 is 1.13 bits per heavy atom. The molecule has 3 heteroatoms. The summed E-state index contributed by atoms with van der Waals surface area (Å²) in [6.07, 6.45) is 6.99. The van der Waals surface area contributed by atoms with Crippen molar-refractivity contribution in [2.24, 2.45) is 5.41 Å². The van der Waals surface area contributed by atoms with Gasteiger partial charge in [-0.25, -0.2) is 0 Å². The number of carbonyl (C=O) groups is 1. The van der Waals surface area contributed by atoms with Crippen LogP contribution in [0, 0.1) is 5.41 Å². The summed E-state index contributed by atoms with van der Waals surface area (Å²) in [6.45, 7) is 1.44. The Kier molecular flexibility index (Phi) is 1.96. The van der Waals surface area contributed by atoms with Gasteiger partial charge in [-0.2, -0.15) is 0 Å². The zero-order valence-corrected chi connectivity index (χ0v) is 8.62. The highest BCUT2D eigenvalue weighted by Gasteiger charge is 2.44. The van der Waals surface area contributed by atoms with Gasteiger partial charge in [-0.1, -0.05) is 0 Å². The molecule has 0 atom stereocenters. The molecule has 15 heavy (non-hydrogen) atoms. The van der Waals surface area contributed by atoms with Gasteiger partial charge in [0.05, 0.1) is 11.8 Å². The molecular weight excluding hydrogens is 192 g/mol. The van der Waals surface area contributed by atoms with E-state index in [4.69, 9.17) is 9.15 Å². The molecule has 1 aliphatic heterocycles. The van der Waals surface area contributed by atoms with E-state index < -0.39 is 0 Å². The van der Waals surface area contributed by atoms with Gasteiger partial charge in [0, 0.05) is 24.2 Å². The van der Waals surface area contributed by atoms with E-state index in [-0.39, 0.29) is 11.2 Å². The summed E-state index contributed by atoms with van der Waals surface area (Å²) in [5.41, 5.74) is 1.75. The first-order valence-electron chi connectivity index (χ1n) is 5.49. The van der Waals surface area contributed by atoms with Crippen molar-refractivity contribution in [1.29, 1.82) is 0 Å². The number of aryl methyl sites for hydroxylation is 1. The van der Waals surface area contributed by atoms with Gasteiger partial charge in [0.2, 0.25) is 0 Å². The van der Waals surface area contributed by atoms with Crippen LogP contribution in [0.1, 0.15) is 35.2 Å². The van der Waals surface area contributed by atoms with E-state index in [2.05, 4.69) is 0 Å². The molecule has 0 bridgehead atoms. The number of fused-ring (bicyclic) bond motifs is 1. The summed E-state index contributed by atoms with van der Waals surface area (Å²) in [5.74, 6) is 0.279. The van der Waals surface area contributed by atoms with Crippen LogP contribution in [0.2, 0.25) is 0 Å². The average molecular weight is 206 g/mol. The highest BCUT2D eigenvalue weighted by molar-refractivity contribution is 6.02. The first-order valence-corrected chi connectivity index (χ1v) is 5.49. The number of ether oxygens (including phenoxy) is 1. The predicted molar refractivity (Wildman–Crippen MR) is 53.8 cm³/mol. The quantitative estimate of drug-likeness (QED) is 0.653. The Morgan fingerprint density at radius 3 is 2.73 bits per heavy atom. The molecule has 2 heterocycles. The normalized spacial score (nSPS) is 24.1. The Labute approximate surface area is 88.4 Å². The van der Waals surface area contributed by atoms with Crippen LogP contribution in [0.5, 0.6) is 0 Å². The number of furan rings is 1. The number of ketones is 1. The van der Waals surface area contributed by atoms with Crippen molar-refractivity contribution in [2.45, 2.75) is 25.7 Å². The van der Waals surface area contributed by atoms with Gasteiger partial charge in [-0.15, -0.1) is 0 Å². The van der Waals surface area contributed by atoms with E-state index in [1.165, 1.54) is 0 Å². The van der Waals surface area contributed by atoms with Crippen molar-refractivity contribution in [2.75, 3.05) is 13.2 Å². The fraction of sp³-hybridized carbons (Fsp3) is 0.583. The van der Waals surface area contributed by atoms with Gasteiger partial charge in [0.1, 0.15) is 6.26 Å². The van der Waals surface area contributed by atoms with Crippen molar-refractivity contribution in [3.63, 3.8) is 0 Å². The maximum absolute atomic E-state index is 12.3. The molecule has 1 aliphatic carbocycles. The first-order chi connectivity index (χ1) is 7.32. The van der Waals surface area contributed by atoms with Crippen molar-refractivity contribution in [3.05, 3.63) is 23.7 Å². The predicted octanol–water partition coefficient (Wildman–Crippen LogP) is 2.21. The van der Waals surface area contributed by atoms with E-state index in [1.807, 2.05) is 0 Å². The molecule has 3 nitrogen and oxygen atoms in total. The molecule has 3 rings (SSSR count). The molecule has 0 unspecified atom stereocenters. The molecule has 1 aromatic rings. The maximum atomic E-state index is 12.3. The standard InChI is InChI=1S/C12H14O3/c13-11-10-8-15-7-9(10)1-2-12(11)3-5-14-6-4-12/h7-8H,1-6H2. The molecule has 0 radical (unpaired) electrons. The molecule has 0 amide bonds. The van der Waals surface area contributed by atoms with Crippen LogP contribution < -0.4 is 0 Å². The second-order valence-corrected chi connectivity index (χ2v) is 4.53. The molecule has 1 spiro atoms. The van der Waals surface area contributed by atoms with E-state index in [0.717, 1.165) is 50.0 Å². The van der Waals surface area contributed by atoms with Gasteiger partial charge in [-0.3, -0.25) is 4.79 Å². The van der Waals surface area contributed by atoms with Gasteiger partial charge in [0.25, 0.3) is 0 Å². The van der Waals surface area contributed by atoms with Crippen molar-refractivity contribution >= 4 is 5.78 Å². The Bertz CT molecular complexity index is 385. The van der Waals surface area contributed by atoms with Crippen molar-refractivity contribution in [3.8, 4) is 0 Å². The van der Waals surface area contributed by atoms with E-state index in [0.29, 0.717) is 0 Å². The molecule has 80 valence electrons. The lowest BCUT2D eigenvalue weighted by molar-refractivity contribution is 0.0118. The van der Waals surface area contributed by atoms with Crippen molar-refractivity contribution < 1.29 is 13.9 Å². The summed E-state index contributed by atoms with van der Waals surface area (Å²) in [6, 6.07) is 0. The summed E-state index contributed by atoms with van der Waals surface area (Å²) >= 11 is 0. The number of hydrogen-bond donors (Lipinski definition) is 0. The van der Waals surface area contributed by atoms with Crippen LogP contribution in [0.4, 0.5) is 0 Å². The van der Waals surface area contributed by atoms with E-state index in [9.17, 15) is 4.79 Å². The third kappa shape index (κ3) is 1.26. The monoisotopic (exact) mass is 206 g/mol. The van der Waals surface area contributed by atoms with E-state index in [1.54, 1.807) is 12.5 Å². The topological polar surface area (TPSA) is 39.4 Å². The lowest BCUT2D eigenvalue weighted by atomic mass is 9.67. The van der Waals surface area contributed by atoms with Crippen LogP contribution in [0.3, 0.4) is 0 Å². The fourth-order valence-corrected chi connectivity index (χ4v) is 2.73. The summed E-state index contributed by atoms with van der Waals surface area (Å²) in [5, 5.41) is 0. The van der Waals surface area contributed by atoms with Crippen LogP contribution in [0.25, 0.3) is 0 Å². The van der Waals surface area contributed by atoms with Gasteiger partial charge in [0.15, 0.2) is 5.78 Å². The lowest BCUT2D eigenvalue weighted by Gasteiger charge is -2.38. The van der Waals surface area contributed by atoms with Crippen molar-refractivity contribution in [1.82, 2.24) is 0 Å². The van der Waals surface area contributed by atoms with Gasteiger partial charge < -0.3 is 9.15 Å². The molecule has 2 aliphatic rings. The Balaban J connectivity index is 1.98.